The number of nitrogen functional groups attached to an aromatic ring is 1. The summed E-state index contributed by atoms with van der Waals surface area (Å²) in [4.78, 5) is 8.41. The zero-order valence-electron chi connectivity index (χ0n) is 10.2. The Morgan fingerprint density at radius 1 is 1.17 bits per heavy atom. The van der Waals surface area contributed by atoms with E-state index in [1.807, 2.05) is 18.2 Å². The van der Waals surface area contributed by atoms with E-state index in [4.69, 9.17) is 5.73 Å². The molecule has 2 aromatic rings. The van der Waals surface area contributed by atoms with Gasteiger partial charge in [0.15, 0.2) is 11.6 Å². The summed E-state index contributed by atoms with van der Waals surface area (Å²) in [5.41, 5.74) is 6.93. The standard InChI is InChI=1S/C14H14FN3/c1-9-11(15)12(16)18-13(17-9)14(7-8-14)10-5-3-2-4-6-10/h2-6H,7-8H2,1H3,(H2,16,17,18). The first kappa shape index (κ1) is 11.1. The number of nitrogens with two attached hydrogens (primary N) is 1. The van der Waals surface area contributed by atoms with Crippen molar-refractivity contribution in [2.75, 3.05) is 5.73 Å². The highest BCUT2D eigenvalue weighted by atomic mass is 19.1. The van der Waals surface area contributed by atoms with Crippen LogP contribution in [0.4, 0.5) is 10.2 Å². The number of aromatic nitrogens is 2. The first-order chi connectivity index (χ1) is 8.63. The fourth-order valence-electron chi connectivity index (χ4n) is 2.32. The summed E-state index contributed by atoms with van der Waals surface area (Å²) >= 11 is 0. The van der Waals surface area contributed by atoms with E-state index in [1.54, 1.807) is 6.92 Å². The molecule has 0 atom stereocenters. The third-order valence-electron chi connectivity index (χ3n) is 3.55. The van der Waals surface area contributed by atoms with Crippen molar-refractivity contribution < 1.29 is 4.39 Å². The Balaban J connectivity index is 2.11. The molecule has 0 amide bonds. The van der Waals surface area contributed by atoms with E-state index in [9.17, 15) is 4.39 Å². The second-order valence-corrected chi connectivity index (χ2v) is 4.78. The Kier molecular flexibility index (Phi) is 2.33. The summed E-state index contributed by atoms with van der Waals surface area (Å²) in [7, 11) is 0. The molecule has 0 saturated heterocycles. The summed E-state index contributed by atoms with van der Waals surface area (Å²) in [6, 6.07) is 10.1. The largest absolute Gasteiger partial charge is 0.381 e. The Morgan fingerprint density at radius 2 is 1.83 bits per heavy atom. The molecule has 1 aromatic heterocycles. The molecule has 18 heavy (non-hydrogen) atoms. The molecule has 3 nitrogen and oxygen atoms in total. The van der Waals surface area contributed by atoms with Crippen LogP contribution in [0.25, 0.3) is 0 Å². The van der Waals surface area contributed by atoms with Gasteiger partial charge in [0.25, 0.3) is 0 Å². The summed E-state index contributed by atoms with van der Waals surface area (Å²) in [5, 5.41) is 0. The summed E-state index contributed by atoms with van der Waals surface area (Å²) in [5.74, 6) is 0.0763. The number of anilines is 1. The highest BCUT2D eigenvalue weighted by molar-refractivity contribution is 5.42. The Morgan fingerprint density at radius 3 is 2.39 bits per heavy atom. The van der Waals surface area contributed by atoms with Gasteiger partial charge >= 0.3 is 0 Å². The lowest BCUT2D eigenvalue weighted by atomic mass is 9.95. The number of rotatable bonds is 2. The Hall–Kier alpha value is -1.97. The van der Waals surface area contributed by atoms with Gasteiger partial charge < -0.3 is 5.73 Å². The number of hydrogen-bond acceptors (Lipinski definition) is 3. The van der Waals surface area contributed by atoms with Gasteiger partial charge in [-0.2, -0.15) is 0 Å². The van der Waals surface area contributed by atoms with Crippen LogP contribution in [0.5, 0.6) is 0 Å². The molecular weight excluding hydrogens is 229 g/mol. The molecule has 1 aliphatic carbocycles. The van der Waals surface area contributed by atoms with Crippen LogP contribution in [0, 0.1) is 12.7 Å². The van der Waals surface area contributed by atoms with E-state index in [-0.39, 0.29) is 11.2 Å². The number of hydrogen-bond donors (Lipinski definition) is 1. The van der Waals surface area contributed by atoms with Crippen molar-refractivity contribution in [3.8, 4) is 0 Å². The molecule has 4 heteroatoms. The lowest BCUT2D eigenvalue weighted by molar-refractivity contribution is 0.596. The number of nitrogens with zero attached hydrogens (tertiary/aromatic N) is 2. The second kappa shape index (κ2) is 3.77. The highest BCUT2D eigenvalue weighted by Crippen LogP contribution is 2.52. The summed E-state index contributed by atoms with van der Waals surface area (Å²) in [6.07, 6.45) is 1.98. The van der Waals surface area contributed by atoms with E-state index < -0.39 is 5.82 Å². The fourth-order valence-corrected chi connectivity index (χ4v) is 2.32. The van der Waals surface area contributed by atoms with E-state index in [0.717, 1.165) is 12.8 Å². The molecule has 1 saturated carbocycles. The van der Waals surface area contributed by atoms with Crippen molar-refractivity contribution in [3.05, 3.63) is 53.2 Å². The number of benzene rings is 1. The monoisotopic (exact) mass is 243 g/mol. The van der Waals surface area contributed by atoms with Crippen LogP contribution in [-0.4, -0.2) is 9.97 Å². The van der Waals surface area contributed by atoms with E-state index in [0.29, 0.717) is 11.5 Å². The summed E-state index contributed by atoms with van der Waals surface area (Å²) < 4.78 is 13.5. The van der Waals surface area contributed by atoms with Gasteiger partial charge in [0.1, 0.15) is 5.82 Å². The second-order valence-electron chi connectivity index (χ2n) is 4.78. The predicted octanol–water partition coefficient (Wildman–Crippen LogP) is 2.59. The van der Waals surface area contributed by atoms with Crippen LogP contribution < -0.4 is 5.73 Å². The molecule has 92 valence electrons. The van der Waals surface area contributed by atoms with Crippen molar-refractivity contribution in [2.24, 2.45) is 0 Å². The average Bonchev–Trinajstić information content (AvgIpc) is 3.18. The first-order valence-electron chi connectivity index (χ1n) is 5.99. The lowest BCUT2D eigenvalue weighted by Crippen LogP contribution is -2.16. The van der Waals surface area contributed by atoms with Gasteiger partial charge in [-0.15, -0.1) is 0 Å². The van der Waals surface area contributed by atoms with Gasteiger partial charge in [-0.25, -0.2) is 14.4 Å². The van der Waals surface area contributed by atoms with Crippen LogP contribution in [0.15, 0.2) is 30.3 Å². The minimum Gasteiger partial charge on any atom is -0.381 e. The van der Waals surface area contributed by atoms with Crippen LogP contribution in [0.1, 0.15) is 29.9 Å². The molecule has 2 N–H and O–H groups in total. The van der Waals surface area contributed by atoms with Gasteiger partial charge in [0, 0.05) is 0 Å². The highest BCUT2D eigenvalue weighted by Gasteiger charge is 2.48. The van der Waals surface area contributed by atoms with E-state index >= 15 is 0 Å². The van der Waals surface area contributed by atoms with Crippen LogP contribution >= 0.6 is 0 Å². The van der Waals surface area contributed by atoms with Crippen molar-refractivity contribution in [3.63, 3.8) is 0 Å². The quantitative estimate of drug-likeness (QED) is 0.882. The summed E-state index contributed by atoms with van der Waals surface area (Å²) in [6.45, 7) is 1.62. The predicted molar refractivity (Wildman–Crippen MR) is 67.6 cm³/mol. The van der Waals surface area contributed by atoms with Crippen molar-refractivity contribution in [2.45, 2.75) is 25.2 Å². The lowest BCUT2D eigenvalue weighted by Gasteiger charge is -2.15. The molecule has 1 aliphatic rings. The molecule has 0 aliphatic heterocycles. The normalized spacial score (nSPS) is 16.6. The third kappa shape index (κ3) is 1.56. The molecule has 1 fully saturated rings. The molecule has 0 radical (unpaired) electrons. The molecule has 1 aromatic carbocycles. The molecule has 0 bridgehead atoms. The average molecular weight is 243 g/mol. The Bertz CT molecular complexity index is 568. The zero-order chi connectivity index (χ0) is 12.8. The zero-order valence-corrected chi connectivity index (χ0v) is 10.2. The van der Waals surface area contributed by atoms with E-state index in [2.05, 4.69) is 22.1 Å². The molecule has 3 rings (SSSR count). The fraction of sp³-hybridized carbons (Fsp3) is 0.286. The molecule has 1 heterocycles. The van der Waals surface area contributed by atoms with Crippen LogP contribution in [-0.2, 0) is 5.41 Å². The van der Waals surface area contributed by atoms with Crippen LogP contribution in [0.2, 0.25) is 0 Å². The number of aryl methyl sites for hydroxylation is 1. The van der Waals surface area contributed by atoms with Crippen LogP contribution in [0.3, 0.4) is 0 Å². The van der Waals surface area contributed by atoms with Gasteiger partial charge in [0.2, 0.25) is 0 Å². The first-order valence-corrected chi connectivity index (χ1v) is 5.99. The molecule has 0 spiro atoms. The van der Waals surface area contributed by atoms with Gasteiger partial charge in [-0.3, -0.25) is 0 Å². The maximum atomic E-state index is 13.5. The SMILES string of the molecule is Cc1nc(C2(c3ccccc3)CC2)nc(N)c1F. The van der Waals surface area contributed by atoms with Gasteiger partial charge in [0.05, 0.1) is 11.1 Å². The minimum atomic E-state index is -0.511. The van der Waals surface area contributed by atoms with Crippen molar-refractivity contribution >= 4 is 5.82 Å². The third-order valence-corrected chi connectivity index (χ3v) is 3.55. The molecular formula is C14H14FN3. The topological polar surface area (TPSA) is 51.8 Å². The maximum absolute atomic E-state index is 13.5. The molecule has 0 unspecified atom stereocenters. The number of halogens is 1. The smallest absolute Gasteiger partial charge is 0.186 e. The Labute approximate surface area is 105 Å². The minimum absolute atomic E-state index is 0.0558. The van der Waals surface area contributed by atoms with Crippen molar-refractivity contribution in [1.29, 1.82) is 0 Å². The van der Waals surface area contributed by atoms with Gasteiger partial charge in [-0.05, 0) is 25.3 Å². The van der Waals surface area contributed by atoms with E-state index in [1.165, 1.54) is 5.56 Å². The van der Waals surface area contributed by atoms with Crippen molar-refractivity contribution in [1.82, 2.24) is 9.97 Å². The van der Waals surface area contributed by atoms with Gasteiger partial charge in [-0.1, -0.05) is 30.3 Å². The maximum Gasteiger partial charge on any atom is 0.186 e.